The summed E-state index contributed by atoms with van der Waals surface area (Å²) in [5.74, 6) is 0. The number of hydrogen-bond donors (Lipinski definition) is 7. The molecule has 2 rings (SSSR count). The van der Waals surface area contributed by atoms with Gasteiger partial charge in [0.15, 0.2) is 12.6 Å². The van der Waals surface area contributed by atoms with Gasteiger partial charge in [0.1, 0.15) is 48.8 Å². The molecule has 0 aromatic heterocycles. The summed E-state index contributed by atoms with van der Waals surface area (Å²) in [6, 6.07) is 0. The van der Waals surface area contributed by atoms with Crippen molar-refractivity contribution in [1.82, 2.24) is 0 Å². The van der Waals surface area contributed by atoms with E-state index in [0.717, 1.165) is 32.1 Å². The molecule has 2 aliphatic rings. The van der Waals surface area contributed by atoms with Gasteiger partial charge < -0.3 is 54.7 Å². The number of unbranched alkanes of at least 4 members (excludes halogenated alkanes) is 5. The Balaban J connectivity index is 1.83. The van der Waals surface area contributed by atoms with Crippen LogP contribution in [0.1, 0.15) is 45.4 Å². The Kier molecular flexibility index (Phi) is 11.5. The molecule has 0 radical (unpaired) electrons. The van der Waals surface area contributed by atoms with Gasteiger partial charge >= 0.3 is 0 Å². The first-order valence-electron chi connectivity index (χ1n) is 11.0. The summed E-state index contributed by atoms with van der Waals surface area (Å²) in [4.78, 5) is 0. The van der Waals surface area contributed by atoms with E-state index in [1.54, 1.807) is 0 Å². The number of aliphatic hydroxyl groups is 7. The molecule has 0 spiro atoms. The summed E-state index contributed by atoms with van der Waals surface area (Å²) in [6.07, 6.45) is -7.70. The van der Waals surface area contributed by atoms with Gasteiger partial charge in [-0.15, -0.1) is 0 Å². The molecule has 184 valence electrons. The molecule has 0 aromatic rings. The van der Waals surface area contributed by atoms with Gasteiger partial charge in [-0.05, 0) is 6.42 Å². The normalized spacial score (nSPS) is 41.4. The fourth-order valence-corrected chi connectivity index (χ4v) is 3.67. The molecule has 11 nitrogen and oxygen atoms in total. The van der Waals surface area contributed by atoms with E-state index >= 15 is 0 Å². The molecule has 10 atom stereocenters. The van der Waals surface area contributed by atoms with Crippen LogP contribution >= 0.6 is 0 Å². The highest BCUT2D eigenvalue weighted by atomic mass is 16.7. The maximum Gasteiger partial charge on any atom is 0.186 e. The van der Waals surface area contributed by atoms with Crippen LogP contribution in [0, 0.1) is 0 Å². The third kappa shape index (κ3) is 7.27. The van der Waals surface area contributed by atoms with Crippen LogP contribution in [0.4, 0.5) is 0 Å². The Morgan fingerprint density at radius 2 is 1.13 bits per heavy atom. The highest BCUT2D eigenvalue weighted by Gasteiger charge is 2.47. The molecule has 31 heavy (non-hydrogen) atoms. The van der Waals surface area contributed by atoms with E-state index < -0.39 is 68.0 Å². The van der Waals surface area contributed by atoms with E-state index in [4.69, 9.17) is 18.9 Å². The number of ether oxygens (including phenoxy) is 4. The summed E-state index contributed by atoms with van der Waals surface area (Å²) < 4.78 is 21.7. The largest absolute Gasteiger partial charge is 0.394 e. The van der Waals surface area contributed by atoms with Crippen LogP contribution < -0.4 is 0 Å². The molecule has 0 amide bonds. The van der Waals surface area contributed by atoms with Crippen molar-refractivity contribution in [2.45, 2.75) is 107 Å². The molecule has 0 bridgehead atoms. The number of aliphatic hydroxyl groups excluding tert-OH is 7. The Bertz CT molecular complexity index is 494. The summed E-state index contributed by atoms with van der Waals surface area (Å²) in [6.45, 7) is 1.48. The lowest BCUT2D eigenvalue weighted by atomic mass is 9.98. The molecule has 0 unspecified atom stereocenters. The molecule has 2 saturated heterocycles. The monoisotopic (exact) mass is 454 g/mol. The first kappa shape index (κ1) is 26.8. The van der Waals surface area contributed by atoms with E-state index in [2.05, 4.69) is 6.92 Å². The van der Waals surface area contributed by atoms with Crippen molar-refractivity contribution in [2.75, 3.05) is 19.8 Å². The predicted octanol–water partition coefficient (Wildman–Crippen LogP) is -2.01. The van der Waals surface area contributed by atoms with Crippen molar-refractivity contribution in [3.8, 4) is 0 Å². The number of rotatable bonds is 12. The standard InChI is InChI=1S/C20H38O11/c1-2-3-4-5-6-7-8-28-19-17(26)16(25)14(23)12(31-19)10-29-20-18(27)15(24)13(22)11(9-21)30-20/h11-27H,2-10H2,1H3/t11-,12-,13-,14-,15+,16+,17+,18+,19+,20+/m0/s1. The van der Waals surface area contributed by atoms with Crippen LogP contribution in [-0.2, 0) is 18.9 Å². The second kappa shape index (κ2) is 13.3. The van der Waals surface area contributed by atoms with Gasteiger partial charge in [-0.25, -0.2) is 0 Å². The molecular weight excluding hydrogens is 416 g/mol. The topological polar surface area (TPSA) is 179 Å². The summed E-state index contributed by atoms with van der Waals surface area (Å²) in [5, 5.41) is 69.3. The molecule has 11 heteroatoms. The number of hydrogen-bond acceptors (Lipinski definition) is 11. The van der Waals surface area contributed by atoms with E-state index in [-0.39, 0.29) is 6.61 Å². The zero-order valence-electron chi connectivity index (χ0n) is 17.9. The minimum Gasteiger partial charge on any atom is -0.394 e. The smallest absolute Gasteiger partial charge is 0.186 e. The van der Waals surface area contributed by atoms with Crippen LogP contribution in [0.5, 0.6) is 0 Å². The fraction of sp³-hybridized carbons (Fsp3) is 1.00. The molecule has 2 fully saturated rings. The van der Waals surface area contributed by atoms with E-state index in [1.807, 2.05) is 0 Å². The van der Waals surface area contributed by atoms with Crippen LogP contribution in [0.2, 0.25) is 0 Å². The van der Waals surface area contributed by atoms with Gasteiger partial charge in [0.2, 0.25) is 0 Å². The molecule has 0 aromatic carbocycles. The van der Waals surface area contributed by atoms with Gasteiger partial charge in [0, 0.05) is 6.61 Å². The minimum absolute atomic E-state index is 0.316. The maximum absolute atomic E-state index is 10.2. The Morgan fingerprint density at radius 1 is 0.613 bits per heavy atom. The SMILES string of the molecule is CCCCCCCCO[C@@H]1O[C@@H](CO[C@@H]2O[C@@H](CO)[C@H](O)[C@@H](O)[C@H]2O)[C@H](O)[C@@H](O)[C@H]1O. The predicted molar refractivity (Wildman–Crippen MR) is 106 cm³/mol. The van der Waals surface area contributed by atoms with Crippen molar-refractivity contribution in [3.63, 3.8) is 0 Å². The molecule has 2 aliphatic heterocycles. The second-order valence-electron chi connectivity index (χ2n) is 8.18. The van der Waals surface area contributed by atoms with E-state index in [0.29, 0.717) is 6.61 Å². The first-order chi connectivity index (χ1) is 14.8. The lowest BCUT2D eigenvalue weighted by Crippen LogP contribution is -2.61. The maximum atomic E-state index is 10.2. The van der Waals surface area contributed by atoms with E-state index in [9.17, 15) is 35.7 Å². The zero-order chi connectivity index (χ0) is 23.0. The summed E-state index contributed by atoms with van der Waals surface area (Å²) >= 11 is 0. The van der Waals surface area contributed by atoms with Gasteiger partial charge in [-0.1, -0.05) is 39.0 Å². The molecular formula is C20H38O11. The van der Waals surface area contributed by atoms with Crippen LogP contribution in [-0.4, -0.2) is 117 Å². The lowest BCUT2D eigenvalue weighted by molar-refractivity contribution is -0.331. The highest BCUT2D eigenvalue weighted by Crippen LogP contribution is 2.26. The van der Waals surface area contributed by atoms with Crippen LogP contribution in [0.25, 0.3) is 0 Å². The highest BCUT2D eigenvalue weighted by molar-refractivity contribution is 4.91. The van der Waals surface area contributed by atoms with Crippen molar-refractivity contribution in [3.05, 3.63) is 0 Å². The quantitative estimate of drug-likeness (QED) is 0.162. The van der Waals surface area contributed by atoms with Gasteiger partial charge in [-0.2, -0.15) is 0 Å². The van der Waals surface area contributed by atoms with Crippen LogP contribution in [0.15, 0.2) is 0 Å². The van der Waals surface area contributed by atoms with Gasteiger partial charge in [0.25, 0.3) is 0 Å². The van der Waals surface area contributed by atoms with E-state index in [1.165, 1.54) is 6.42 Å². The van der Waals surface area contributed by atoms with Gasteiger partial charge in [-0.3, -0.25) is 0 Å². The lowest BCUT2D eigenvalue weighted by Gasteiger charge is -2.42. The Labute approximate surface area is 182 Å². The Morgan fingerprint density at radius 3 is 1.74 bits per heavy atom. The third-order valence-corrected chi connectivity index (χ3v) is 5.72. The average molecular weight is 455 g/mol. The van der Waals surface area contributed by atoms with Crippen LogP contribution in [0.3, 0.4) is 0 Å². The van der Waals surface area contributed by atoms with Crippen molar-refractivity contribution < 1.29 is 54.7 Å². The molecule has 2 heterocycles. The van der Waals surface area contributed by atoms with Gasteiger partial charge in [0.05, 0.1) is 13.2 Å². The third-order valence-electron chi connectivity index (χ3n) is 5.72. The first-order valence-corrected chi connectivity index (χ1v) is 11.0. The van der Waals surface area contributed by atoms with Crippen molar-refractivity contribution >= 4 is 0 Å². The zero-order valence-corrected chi connectivity index (χ0v) is 17.9. The van der Waals surface area contributed by atoms with Crippen molar-refractivity contribution in [2.24, 2.45) is 0 Å². The molecule has 0 aliphatic carbocycles. The second-order valence-corrected chi connectivity index (χ2v) is 8.18. The molecule has 0 saturated carbocycles. The summed E-state index contributed by atoms with van der Waals surface area (Å²) in [5.41, 5.74) is 0. The molecule has 7 N–H and O–H groups in total. The average Bonchev–Trinajstić information content (AvgIpc) is 2.77. The summed E-state index contributed by atoms with van der Waals surface area (Å²) in [7, 11) is 0. The van der Waals surface area contributed by atoms with Crippen molar-refractivity contribution in [1.29, 1.82) is 0 Å². The minimum atomic E-state index is -1.60. The Hall–Kier alpha value is -0.440. The fourth-order valence-electron chi connectivity index (χ4n) is 3.67.